The Balaban J connectivity index is 1.48. The van der Waals surface area contributed by atoms with Crippen LogP contribution in [0.1, 0.15) is 31.7 Å². The number of allylic oxidation sites excluding steroid dienone is 1. The maximum Gasteiger partial charge on any atom is 0.230 e. The fourth-order valence-corrected chi connectivity index (χ4v) is 5.56. The molecule has 2 heterocycles. The monoisotopic (exact) mass is 314 g/mol. The molecule has 1 fully saturated rings. The summed E-state index contributed by atoms with van der Waals surface area (Å²) < 4.78 is 0. The summed E-state index contributed by atoms with van der Waals surface area (Å²) in [7, 11) is 0. The van der Waals surface area contributed by atoms with Gasteiger partial charge in [0.2, 0.25) is 5.91 Å². The highest BCUT2D eigenvalue weighted by Crippen LogP contribution is 2.50. The Hall–Kier alpha value is -1.26. The lowest BCUT2D eigenvalue weighted by Gasteiger charge is -2.34. The molecule has 116 valence electrons. The van der Waals surface area contributed by atoms with E-state index in [-0.39, 0.29) is 23.4 Å². The second-order valence-corrected chi connectivity index (χ2v) is 7.97. The number of carbonyl (C=O) groups is 1. The molecule has 4 rings (SSSR count). The van der Waals surface area contributed by atoms with Gasteiger partial charge in [-0.3, -0.25) is 10.1 Å². The van der Waals surface area contributed by atoms with Gasteiger partial charge in [-0.05, 0) is 41.2 Å². The third kappa shape index (κ3) is 2.59. The van der Waals surface area contributed by atoms with Gasteiger partial charge in [-0.2, -0.15) is 0 Å². The van der Waals surface area contributed by atoms with Crippen LogP contribution in [0.25, 0.3) is 0 Å². The molecule has 0 radical (unpaired) electrons. The van der Waals surface area contributed by atoms with Gasteiger partial charge in [0.15, 0.2) is 0 Å². The van der Waals surface area contributed by atoms with Crippen LogP contribution in [0.3, 0.4) is 0 Å². The topological polar surface area (TPSA) is 41.1 Å². The maximum atomic E-state index is 12.6. The number of hydrogen-bond acceptors (Lipinski definition) is 3. The van der Waals surface area contributed by atoms with E-state index in [2.05, 4.69) is 41.8 Å². The Morgan fingerprint density at radius 2 is 2.09 bits per heavy atom. The molecule has 22 heavy (non-hydrogen) atoms. The SMILES string of the molecule is CC1CCC2=C(C1)SC1NC(Cc3ccccc3)NC(=O)C21. The van der Waals surface area contributed by atoms with E-state index < -0.39 is 0 Å². The number of thioether (sulfide) groups is 1. The van der Waals surface area contributed by atoms with E-state index in [9.17, 15) is 4.79 Å². The van der Waals surface area contributed by atoms with Gasteiger partial charge in [0, 0.05) is 6.42 Å². The second-order valence-electron chi connectivity index (χ2n) is 6.73. The zero-order valence-corrected chi connectivity index (χ0v) is 13.7. The molecule has 1 aromatic carbocycles. The largest absolute Gasteiger partial charge is 0.340 e. The molecule has 2 aliphatic heterocycles. The number of amides is 1. The average molecular weight is 314 g/mol. The highest BCUT2D eigenvalue weighted by molar-refractivity contribution is 8.04. The number of benzene rings is 1. The van der Waals surface area contributed by atoms with Gasteiger partial charge in [-0.15, -0.1) is 11.8 Å². The minimum absolute atomic E-state index is 0.0439. The van der Waals surface area contributed by atoms with Crippen molar-refractivity contribution in [1.82, 2.24) is 10.6 Å². The summed E-state index contributed by atoms with van der Waals surface area (Å²) in [5, 5.41) is 7.07. The van der Waals surface area contributed by atoms with Crippen LogP contribution in [-0.4, -0.2) is 17.4 Å². The predicted octanol–water partition coefficient (Wildman–Crippen LogP) is 3.04. The molecule has 0 aromatic heterocycles. The molecule has 4 heteroatoms. The van der Waals surface area contributed by atoms with Gasteiger partial charge in [0.05, 0.1) is 17.5 Å². The van der Waals surface area contributed by atoms with Crippen LogP contribution in [0.5, 0.6) is 0 Å². The van der Waals surface area contributed by atoms with Gasteiger partial charge in [0.1, 0.15) is 0 Å². The predicted molar refractivity (Wildman–Crippen MR) is 90.1 cm³/mol. The third-order valence-electron chi connectivity index (χ3n) is 4.99. The number of hydrogen-bond donors (Lipinski definition) is 2. The third-order valence-corrected chi connectivity index (χ3v) is 6.37. The fourth-order valence-electron chi connectivity index (χ4n) is 3.83. The number of rotatable bonds is 2. The minimum atomic E-state index is 0.0439. The first kappa shape index (κ1) is 14.3. The summed E-state index contributed by atoms with van der Waals surface area (Å²) in [5.41, 5.74) is 2.67. The molecule has 3 aliphatic rings. The van der Waals surface area contributed by atoms with Crippen LogP contribution in [0, 0.1) is 11.8 Å². The van der Waals surface area contributed by atoms with Crippen molar-refractivity contribution in [3.05, 3.63) is 46.4 Å². The lowest BCUT2D eigenvalue weighted by atomic mass is 9.83. The summed E-state index contributed by atoms with van der Waals surface area (Å²) in [4.78, 5) is 14.1. The molecule has 1 saturated heterocycles. The smallest absolute Gasteiger partial charge is 0.230 e. The van der Waals surface area contributed by atoms with E-state index in [1.54, 1.807) is 0 Å². The highest BCUT2D eigenvalue weighted by atomic mass is 32.2. The maximum absolute atomic E-state index is 12.6. The minimum Gasteiger partial charge on any atom is -0.340 e. The summed E-state index contributed by atoms with van der Waals surface area (Å²) >= 11 is 1.91. The molecular formula is C18H22N2OS. The van der Waals surface area contributed by atoms with Crippen molar-refractivity contribution >= 4 is 17.7 Å². The van der Waals surface area contributed by atoms with E-state index >= 15 is 0 Å². The van der Waals surface area contributed by atoms with Crippen molar-refractivity contribution in [2.45, 2.75) is 44.1 Å². The molecule has 4 unspecified atom stereocenters. The van der Waals surface area contributed by atoms with E-state index in [0.717, 1.165) is 25.2 Å². The van der Waals surface area contributed by atoms with Crippen molar-refractivity contribution in [3.63, 3.8) is 0 Å². The van der Waals surface area contributed by atoms with Crippen molar-refractivity contribution in [2.24, 2.45) is 11.8 Å². The lowest BCUT2D eigenvalue weighted by Crippen LogP contribution is -2.60. The number of carbonyl (C=O) groups excluding carboxylic acids is 1. The summed E-state index contributed by atoms with van der Waals surface area (Å²) in [5.74, 6) is 1.03. The van der Waals surface area contributed by atoms with E-state index in [0.29, 0.717) is 0 Å². The van der Waals surface area contributed by atoms with E-state index in [1.807, 2.05) is 17.8 Å². The van der Waals surface area contributed by atoms with Gasteiger partial charge < -0.3 is 5.32 Å². The Morgan fingerprint density at radius 3 is 2.91 bits per heavy atom. The normalized spacial score (nSPS) is 34.1. The quantitative estimate of drug-likeness (QED) is 0.881. The van der Waals surface area contributed by atoms with Gasteiger partial charge in [-0.25, -0.2) is 0 Å². The molecular weight excluding hydrogens is 292 g/mol. The zero-order chi connectivity index (χ0) is 15.1. The Morgan fingerprint density at radius 1 is 1.27 bits per heavy atom. The van der Waals surface area contributed by atoms with E-state index in [4.69, 9.17) is 0 Å². The molecule has 1 amide bonds. The summed E-state index contributed by atoms with van der Waals surface area (Å²) in [6, 6.07) is 10.4. The highest BCUT2D eigenvalue weighted by Gasteiger charge is 2.45. The molecule has 1 aliphatic carbocycles. The van der Waals surface area contributed by atoms with Crippen LogP contribution in [0.2, 0.25) is 0 Å². The number of fused-ring (bicyclic) bond motifs is 2. The van der Waals surface area contributed by atoms with Crippen molar-refractivity contribution in [1.29, 1.82) is 0 Å². The van der Waals surface area contributed by atoms with Crippen molar-refractivity contribution in [2.75, 3.05) is 0 Å². The molecule has 2 N–H and O–H groups in total. The summed E-state index contributed by atoms with van der Waals surface area (Å²) in [6.07, 6.45) is 4.37. The van der Waals surface area contributed by atoms with Crippen molar-refractivity contribution < 1.29 is 4.79 Å². The van der Waals surface area contributed by atoms with Gasteiger partial charge in [-0.1, -0.05) is 37.3 Å². The van der Waals surface area contributed by atoms with Gasteiger partial charge >= 0.3 is 0 Å². The van der Waals surface area contributed by atoms with Gasteiger partial charge in [0.25, 0.3) is 0 Å². The second kappa shape index (κ2) is 5.74. The molecule has 4 atom stereocenters. The summed E-state index contributed by atoms with van der Waals surface area (Å²) in [6.45, 7) is 2.32. The Kier molecular flexibility index (Phi) is 3.74. The molecule has 0 bridgehead atoms. The standard InChI is InChI=1S/C18H22N2OS/c1-11-7-8-13-14(9-11)22-18-16(13)17(21)19-15(20-18)10-12-5-3-2-4-6-12/h2-6,11,15-16,18,20H,7-10H2,1H3,(H,19,21). The Bertz CT molecular complexity index is 613. The van der Waals surface area contributed by atoms with Crippen LogP contribution in [0.4, 0.5) is 0 Å². The molecule has 1 aromatic rings. The first-order valence-electron chi connectivity index (χ1n) is 8.19. The first-order valence-corrected chi connectivity index (χ1v) is 9.07. The Labute approximate surface area is 135 Å². The first-order chi connectivity index (χ1) is 10.7. The van der Waals surface area contributed by atoms with E-state index in [1.165, 1.54) is 22.5 Å². The lowest BCUT2D eigenvalue weighted by molar-refractivity contribution is -0.126. The zero-order valence-electron chi connectivity index (χ0n) is 12.8. The van der Waals surface area contributed by atoms with Crippen LogP contribution >= 0.6 is 11.8 Å². The molecule has 3 nitrogen and oxygen atoms in total. The molecule has 0 spiro atoms. The van der Waals surface area contributed by atoms with Crippen LogP contribution in [-0.2, 0) is 11.2 Å². The van der Waals surface area contributed by atoms with Crippen LogP contribution < -0.4 is 10.6 Å². The number of nitrogens with one attached hydrogen (secondary N) is 2. The van der Waals surface area contributed by atoms with Crippen LogP contribution in [0.15, 0.2) is 40.8 Å². The van der Waals surface area contributed by atoms with Crippen molar-refractivity contribution in [3.8, 4) is 0 Å². The fraction of sp³-hybridized carbons (Fsp3) is 0.500. The molecule has 0 saturated carbocycles. The average Bonchev–Trinajstić information content (AvgIpc) is 2.85.